The fraction of sp³-hybridized carbons (Fsp3) is 0.379. The molecule has 2 aliphatic rings. The Hall–Kier alpha value is -2.46. The van der Waals surface area contributed by atoms with Crippen LogP contribution >= 0.6 is 0 Å². The number of fused-ring (bicyclic) bond motifs is 1. The summed E-state index contributed by atoms with van der Waals surface area (Å²) in [7, 11) is 0. The molecule has 0 saturated heterocycles. The highest BCUT2D eigenvalue weighted by atomic mass is 16.6. The fourth-order valence-corrected chi connectivity index (χ4v) is 5.53. The van der Waals surface area contributed by atoms with Crippen LogP contribution in [0.1, 0.15) is 53.9 Å². The highest BCUT2D eigenvalue weighted by Gasteiger charge is 2.39. The van der Waals surface area contributed by atoms with Gasteiger partial charge in [0, 0.05) is 18.2 Å². The maximum absolute atomic E-state index is 11.8. The highest BCUT2D eigenvalue weighted by molar-refractivity contribution is 5.33. The van der Waals surface area contributed by atoms with Crippen molar-refractivity contribution in [3.05, 3.63) is 107 Å². The molecule has 1 aliphatic carbocycles. The Morgan fingerprint density at radius 2 is 1.47 bits per heavy atom. The van der Waals surface area contributed by atoms with Crippen LogP contribution in [0.25, 0.3) is 0 Å². The van der Waals surface area contributed by atoms with E-state index in [4.69, 9.17) is 4.74 Å². The molecular formula is C29H33NO2. The van der Waals surface area contributed by atoms with Crippen LogP contribution < -0.4 is 0 Å². The molecule has 5 rings (SSSR count). The first-order valence-corrected chi connectivity index (χ1v) is 12.0. The lowest BCUT2D eigenvalue weighted by Crippen LogP contribution is -2.47. The summed E-state index contributed by atoms with van der Waals surface area (Å²) in [6, 6.07) is 29.8. The second kappa shape index (κ2) is 9.58. The van der Waals surface area contributed by atoms with Gasteiger partial charge in [-0.2, -0.15) is 0 Å². The van der Waals surface area contributed by atoms with E-state index < -0.39 is 5.79 Å². The molecule has 3 nitrogen and oxygen atoms in total. The molecule has 1 heterocycles. The van der Waals surface area contributed by atoms with E-state index in [0.29, 0.717) is 25.1 Å². The molecule has 3 aromatic carbocycles. The third-order valence-corrected chi connectivity index (χ3v) is 7.33. The molecular weight excluding hydrogens is 394 g/mol. The average molecular weight is 428 g/mol. The zero-order chi connectivity index (χ0) is 21.8. The van der Waals surface area contributed by atoms with Crippen molar-refractivity contribution in [1.29, 1.82) is 0 Å². The van der Waals surface area contributed by atoms with Gasteiger partial charge in [0.15, 0.2) is 0 Å². The number of hydrogen-bond acceptors (Lipinski definition) is 3. The van der Waals surface area contributed by atoms with Crippen molar-refractivity contribution in [1.82, 2.24) is 4.90 Å². The number of rotatable bonds is 5. The maximum Gasteiger partial charge on any atom is 0.206 e. The number of hydrogen-bond donors (Lipinski definition) is 1. The molecule has 1 N–H and O–H groups in total. The molecule has 0 aromatic heterocycles. The summed E-state index contributed by atoms with van der Waals surface area (Å²) in [5.41, 5.74) is 4.68. The lowest BCUT2D eigenvalue weighted by Gasteiger charge is -2.40. The van der Waals surface area contributed by atoms with Gasteiger partial charge in [-0.1, -0.05) is 84.9 Å². The van der Waals surface area contributed by atoms with Crippen molar-refractivity contribution in [2.75, 3.05) is 13.1 Å². The van der Waals surface area contributed by atoms with E-state index in [1.165, 1.54) is 36.8 Å². The van der Waals surface area contributed by atoms with Gasteiger partial charge in [-0.25, -0.2) is 0 Å². The standard InChI is InChI=1S/C29H33NO2/c31-29(32-21-23-9-3-1-4-10-23)22-30(20-19-26-13-7-8-14-28(26)29)27-17-15-25(16-18-27)24-11-5-2-6-12-24/h1-14,25,27,31H,15-22H2. The van der Waals surface area contributed by atoms with Gasteiger partial charge in [0.25, 0.3) is 0 Å². The van der Waals surface area contributed by atoms with E-state index in [-0.39, 0.29) is 0 Å². The fourth-order valence-electron chi connectivity index (χ4n) is 5.53. The molecule has 1 unspecified atom stereocenters. The first-order valence-electron chi connectivity index (χ1n) is 12.0. The van der Waals surface area contributed by atoms with Crippen molar-refractivity contribution >= 4 is 0 Å². The number of β-amino-alcohol motifs (C(OH)–C–C–N with tert-alkyl or cyclic N) is 1. The summed E-state index contributed by atoms with van der Waals surface area (Å²) in [5, 5.41) is 11.8. The van der Waals surface area contributed by atoms with Crippen LogP contribution in [-0.4, -0.2) is 29.1 Å². The third kappa shape index (κ3) is 4.66. The largest absolute Gasteiger partial charge is 0.361 e. The maximum atomic E-state index is 11.8. The molecule has 0 bridgehead atoms. The van der Waals surface area contributed by atoms with Crippen LogP contribution in [-0.2, 0) is 23.6 Å². The van der Waals surface area contributed by atoms with Crippen molar-refractivity contribution in [2.24, 2.45) is 0 Å². The molecule has 0 spiro atoms. The number of aliphatic hydroxyl groups is 1. The molecule has 0 radical (unpaired) electrons. The monoisotopic (exact) mass is 427 g/mol. The minimum Gasteiger partial charge on any atom is -0.361 e. The van der Waals surface area contributed by atoms with E-state index in [1.54, 1.807) is 0 Å². The van der Waals surface area contributed by atoms with E-state index in [9.17, 15) is 5.11 Å². The van der Waals surface area contributed by atoms with Gasteiger partial charge in [-0.15, -0.1) is 0 Å². The molecule has 1 fully saturated rings. The Kier molecular flexibility index (Phi) is 6.40. The van der Waals surface area contributed by atoms with Gasteiger partial charge in [0.1, 0.15) is 0 Å². The summed E-state index contributed by atoms with van der Waals surface area (Å²) < 4.78 is 6.29. The molecule has 1 aliphatic heterocycles. The van der Waals surface area contributed by atoms with Crippen molar-refractivity contribution < 1.29 is 9.84 Å². The van der Waals surface area contributed by atoms with Gasteiger partial charge < -0.3 is 9.84 Å². The first-order chi connectivity index (χ1) is 15.7. The van der Waals surface area contributed by atoms with Crippen molar-refractivity contribution in [2.45, 2.75) is 56.5 Å². The van der Waals surface area contributed by atoms with Crippen LogP contribution in [0.3, 0.4) is 0 Å². The predicted molar refractivity (Wildman–Crippen MR) is 128 cm³/mol. The van der Waals surface area contributed by atoms with Crippen LogP contribution in [0.15, 0.2) is 84.9 Å². The summed E-state index contributed by atoms with van der Waals surface area (Å²) in [6.45, 7) is 1.90. The van der Waals surface area contributed by atoms with E-state index in [2.05, 4.69) is 59.5 Å². The van der Waals surface area contributed by atoms with Crippen molar-refractivity contribution in [3.63, 3.8) is 0 Å². The molecule has 0 amide bonds. The van der Waals surface area contributed by atoms with Crippen molar-refractivity contribution in [3.8, 4) is 0 Å². The quantitative estimate of drug-likeness (QED) is 0.536. The summed E-state index contributed by atoms with van der Waals surface area (Å²) >= 11 is 0. The Morgan fingerprint density at radius 1 is 0.812 bits per heavy atom. The Labute approximate surface area is 191 Å². The first kappa shape index (κ1) is 21.4. The van der Waals surface area contributed by atoms with E-state index >= 15 is 0 Å². The lowest BCUT2D eigenvalue weighted by molar-refractivity contribution is -0.231. The van der Waals surface area contributed by atoms with Crippen LogP contribution in [0.4, 0.5) is 0 Å². The molecule has 3 heteroatoms. The SMILES string of the molecule is OC1(OCc2ccccc2)CN(C2CCC(c3ccccc3)CC2)CCc2ccccc21. The molecule has 3 aromatic rings. The second-order valence-corrected chi connectivity index (χ2v) is 9.35. The Bertz CT molecular complexity index is 998. The molecule has 1 atom stereocenters. The van der Waals surface area contributed by atoms with E-state index in [0.717, 1.165) is 24.1 Å². The summed E-state index contributed by atoms with van der Waals surface area (Å²) in [4.78, 5) is 2.49. The van der Waals surface area contributed by atoms with Gasteiger partial charge in [0.05, 0.1) is 13.2 Å². The zero-order valence-electron chi connectivity index (χ0n) is 18.7. The minimum atomic E-state index is -1.29. The zero-order valence-corrected chi connectivity index (χ0v) is 18.7. The predicted octanol–water partition coefficient (Wildman–Crippen LogP) is 5.63. The van der Waals surface area contributed by atoms with Crippen LogP contribution in [0, 0.1) is 0 Å². The van der Waals surface area contributed by atoms with Gasteiger partial charge in [-0.3, -0.25) is 4.90 Å². The molecule has 1 saturated carbocycles. The number of benzene rings is 3. The topological polar surface area (TPSA) is 32.7 Å². The summed E-state index contributed by atoms with van der Waals surface area (Å²) in [5.74, 6) is -0.635. The van der Waals surface area contributed by atoms with Gasteiger partial charge in [-0.05, 0) is 54.7 Å². The average Bonchev–Trinajstić information content (AvgIpc) is 3.01. The van der Waals surface area contributed by atoms with E-state index in [1.807, 2.05) is 30.3 Å². The molecule has 166 valence electrons. The van der Waals surface area contributed by atoms with Crippen LogP contribution in [0.2, 0.25) is 0 Å². The second-order valence-electron chi connectivity index (χ2n) is 9.35. The van der Waals surface area contributed by atoms with Gasteiger partial charge in [0.2, 0.25) is 5.79 Å². The number of nitrogens with zero attached hydrogens (tertiary/aromatic N) is 1. The summed E-state index contributed by atoms with van der Waals surface area (Å²) in [6.07, 6.45) is 5.71. The Balaban J connectivity index is 1.32. The minimum absolute atomic E-state index is 0.403. The highest BCUT2D eigenvalue weighted by Crippen LogP contribution is 2.38. The smallest absolute Gasteiger partial charge is 0.206 e. The Morgan fingerprint density at radius 3 is 2.22 bits per heavy atom. The van der Waals surface area contributed by atoms with Crippen LogP contribution in [0.5, 0.6) is 0 Å². The molecule has 32 heavy (non-hydrogen) atoms. The van der Waals surface area contributed by atoms with Gasteiger partial charge >= 0.3 is 0 Å². The lowest BCUT2D eigenvalue weighted by atomic mass is 9.81. The number of ether oxygens (including phenoxy) is 1. The third-order valence-electron chi connectivity index (χ3n) is 7.33. The normalized spacial score (nSPS) is 26.3.